The summed E-state index contributed by atoms with van der Waals surface area (Å²) in [5, 5.41) is 3.20. The van der Waals surface area contributed by atoms with E-state index in [1.165, 1.54) is 20.1 Å². The number of esters is 1. The van der Waals surface area contributed by atoms with Gasteiger partial charge in [-0.1, -0.05) is 17.7 Å². The van der Waals surface area contributed by atoms with Crippen molar-refractivity contribution in [2.75, 3.05) is 19.5 Å². The van der Waals surface area contributed by atoms with Crippen molar-refractivity contribution in [3.05, 3.63) is 58.6 Å². The monoisotopic (exact) mass is 403 g/mol. The van der Waals surface area contributed by atoms with Gasteiger partial charge in [0.1, 0.15) is 11.5 Å². The Morgan fingerprint density at radius 1 is 1.11 bits per heavy atom. The molecule has 1 atom stereocenters. The lowest BCUT2D eigenvalue weighted by Gasteiger charge is -2.14. The van der Waals surface area contributed by atoms with E-state index in [4.69, 9.17) is 25.8 Å². The highest BCUT2D eigenvalue weighted by atomic mass is 35.5. The molecule has 2 aromatic carbocycles. The summed E-state index contributed by atoms with van der Waals surface area (Å²) >= 11 is 5.94. The molecule has 0 aliphatic carbocycles. The van der Waals surface area contributed by atoms with Crippen LogP contribution in [0.4, 0.5) is 5.69 Å². The third kappa shape index (κ3) is 5.76. The van der Waals surface area contributed by atoms with E-state index < -0.39 is 18.0 Å². The first-order valence-electron chi connectivity index (χ1n) is 8.51. The molecule has 0 aromatic heterocycles. The average Bonchev–Trinajstić information content (AvgIpc) is 2.68. The molecular formula is C21H22ClNO5. The minimum Gasteiger partial charge on any atom is -0.497 e. The molecule has 0 saturated carbocycles. The molecule has 0 aliphatic heterocycles. The Morgan fingerprint density at radius 2 is 1.86 bits per heavy atom. The van der Waals surface area contributed by atoms with Crippen LogP contribution in [0.3, 0.4) is 0 Å². The average molecular weight is 404 g/mol. The Morgan fingerprint density at radius 3 is 2.54 bits per heavy atom. The summed E-state index contributed by atoms with van der Waals surface area (Å²) in [5.41, 5.74) is 2.09. The highest BCUT2D eigenvalue weighted by molar-refractivity contribution is 6.31. The van der Waals surface area contributed by atoms with Crippen LogP contribution in [0.15, 0.2) is 42.5 Å². The number of nitrogens with one attached hydrogen (secondary N) is 1. The van der Waals surface area contributed by atoms with Crippen LogP contribution in [0.25, 0.3) is 6.08 Å². The predicted molar refractivity (Wildman–Crippen MR) is 109 cm³/mol. The first kappa shape index (κ1) is 21.3. The molecular weight excluding hydrogens is 382 g/mol. The largest absolute Gasteiger partial charge is 0.497 e. The second kappa shape index (κ2) is 9.80. The quantitative estimate of drug-likeness (QED) is 0.552. The number of rotatable bonds is 7. The van der Waals surface area contributed by atoms with Crippen molar-refractivity contribution in [1.82, 2.24) is 0 Å². The third-order valence-electron chi connectivity index (χ3n) is 3.96. The first-order valence-corrected chi connectivity index (χ1v) is 8.89. The SMILES string of the molecule is COc1ccc(C=CC(=O)OC(C)C(=O)Nc2cc(Cl)ccc2C)c(OC)c1. The second-order valence-electron chi connectivity index (χ2n) is 5.97. The van der Waals surface area contributed by atoms with Crippen LogP contribution in [0.5, 0.6) is 11.5 Å². The number of aryl methyl sites for hydroxylation is 1. The van der Waals surface area contributed by atoms with E-state index in [0.29, 0.717) is 27.8 Å². The second-order valence-corrected chi connectivity index (χ2v) is 6.41. The van der Waals surface area contributed by atoms with Gasteiger partial charge >= 0.3 is 5.97 Å². The summed E-state index contributed by atoms with van der Waals surface area (Å²) in [6.07, 6.45) is 1.80. The molecule has 2 rings (SSSR count). The fourth-order valence-corrected chi connectivity index (χ4v) is 2.52. The van der Waals surface area contributed by atoms with Gasteiger partial charge in [0.2, 0.25) is 0 Å². The Hall–Kier alpha value is -2.99. The van der Waals surface area contributed by atoms with Gasteiger partial charge in [0.25, 0.3) is 5.91 Å². The van der Waals surface area contributed by atoms with Crippen LogP contribution in [0.1, 0.15) is 18.1 Å². The van der Waals surface area contributed by atoms with Crippen molar-refractivity contribution in [2.24, 2.45) is 0 Å². The van der Waals surface area contributed by atoms with Gasteiger partial charge in [-0.25, -0.2) is 4.79 Å². The molecule has 148 valence electrons. The third-order valence-corrected chi connectivity index (χ3v) is 4.19. The lowest BCUT2D eigenvalue weighted by Crippen LogP contribution is -2.29. The molecule has 2 aromatic rings. The van der Waals surface area contributed by atoms with Gasteiger partial charge in [-0.3, -0.25) is 4.79 Å². The topological polar surface area (TPSA) is 73.9 Å². The van der Waals surface area contributed by atoms with Gasteiger partial charge in [0.05, 0.1) is 14.2 Å². The van der Waals surface area contributed by atoms with Gasteiger partial charge in [-0.2, -0.15) is 0 Å². The minimum atomic E-state index is -0.978. The van der Waals surface area contributed by atoms with Gasteiger partial charge in [-0.15, -0.1) is 0 Å². The predicted octanol–water partition coefficient (Wildman–Crippen LogP) is 4.25. The normalized spacial score (nSPS) is 11.8. The summed E-state index contributed by atoms with van der Waals surface area (Å²) in [6.45, 7) is 3.34. The molecule has 0 spiro atoms. The molecule has 1 N–H and O–H groups in total. The molecule has 0 radical (unpaired) electrons. The van der Waals surface area contributed by atoms with Gasteiger partial charge in [0.15, 0.2) is 6.10 Å². The van der Waals surface area contributed by atoms with Crippen molar-refractivity contribution in [3.8, 4) is 11.5 Å². The van der Waals surface area contributed by atoms with Gasteiger partial charge in [0, 0.05) is 28.4 Å². The number of hydrogen-bond donors (Lipinski definition) is 1. The van der Waals surface area contributed by atoms with Crippen molar-refractivity contribution in [1.29, 1.82) is 0 Å². The molecule has 1 amide bonds. The van der Waals surface area contributed by atoms with Crippen LogP contribution in [0, 0.1) is 6.92 Å². The van der Waals surface area contributed by atoms with Gasteiger partial charge in [-0.05, 0) is 49.8 Å². The summed E-state index contributed by atoms with van der Waals surface area (Å²) in [7, 11) is 3.08. The number of ether oxygens (including phenoxy) is 3. The van der Waals surface area contributed by atoms with Crippen LogP contribution in [-0.4, -0.2) is 32.2 Å². The summed E-state index contributed by atoms with van der Waals surface area (Å²) in [5.74, 6) is 0.0845. The zero-order valence-corrected chi connectivity index (χ0v) is 16.9. The molecule has 0 aliphatic rings. The molecule has 28 heavy (non-hydrogen) atoms. The van der Waals surface area contributed by atoms with E-state index in [9.17, 15) is 9.59 Å². The number of anilines is 1. The van der Waals surface area contributed by atoms with Crippen molar-refractivity contribution in [2.45, 2.75) is 20.0 Å². The van der Waals surface area contributed by atoms with E-state index in [1.807, 2.05) is 6.92 Å². The maximum absolute atomic E-state index is 12.3. The van der Waals surface area contributed by atoms with E-state index >= 15 is 0 Å². The van der Waals surface area contributed by atoms with E-state index in [-0.39, 0.29) is 0 Å². The molecule has 6 nitrogen and oxygen atoms in total. The molecule has 0 fully saturated rings. The summed E-state index contributed by atoms with van der Waals surface area (Å²) in [6, 6.07) is 10.4. The maximum Gasteiger partial charge on any atom is 0.331 e. The zero-order valence-electron chi connectivity index (χ0n) is 16.1. The Balaban J connectivity index is 1.99. The van der Waals surface area contributed by atoms with Crippen molar-refractivity contribution in [3.63, 3.8) is 0 Å². The van der Waals surface area contributed by atoms with Crippen LogP contribution >= 0.6 is 11.6 Å². The fourth-order valence-electron chi connectivity index (χ4n) is 2.34. The molecule has 0 saturated heterocycles. The van der Waals surface area contributed by atoms with Gasteiger partial charge < -0.3 is 19.5 Å². The highest BCUT2D eigenvalue weighted by Crippen LogP contribution is 2.25. The van der Waals surface area contributed by atoms with E-state index in [1.54, 1.807) is 49.6 Å². The van der Waals surface area contributed by atoms with E-state index in [0.717, 1.165) is 5.56 Å². The summed E-state index contributed by atoms with van der Waals surface area (Å²) < 4.78 is 15.6. The molecule has 0 bridgehead atoms. The Bertz CT molecular complexity index is 894. The number of carbonyl (C=O) groups is 2. The Labute approximate surface area is 169 Å². The minimum absolute atomic E-state index is 0.450. The van der Waals surface area contributed by atoms with Crippen LogP contribution < -0.4 is 14.8 Å². The van der Waals surface area contributed by atoms with Crippen molar-refractivity contribution >= 4 is 35.2 Å². The van der Waals surface area contributed by atoms with Crippen LogP contribution in [0.2, 0.25) is 5.02 Å². The number of amides is 1. The zero-order chi connectivity index (χ0) is 20.7. The molecule has 1 unspecified atom stereocenters. The standard InChI is InChI=1S/C21H22ClNO5/c1-13-5-8-16(22)11-18(13)23-21(25)14(2)28-20(24)10-7-15-6-9-17(26-3)12-19(15)27-4/h5-12,14H,1-4H3,(H,23,25). The lowest BCUT2D eigenvalue weighted by atomic mass is 10.1. The molecule has 7 heteroatoms. The Kier molecular flexibility index (Phi) is 7.46. The molecule has 0 heterocycles. The number of halogens is 1. The first-order chi connectivity index (χ1) is 13.3. The fraction of sp³-hybridized carbons (Fsp3) is 0.238. The van der Waals surface area contributed by atoms with Crippen LogP contribution in [-0.2, 0) is 14.3 Å². The number of methoxy groups -OCH3 is 2. The lowest BCUT2D eigenvalue weighted by molar-refractivity contribution is -0.148. The number of carbonyl (C=O) groups excluding carboxylic acids is 2. The number of benzene rings is 2. The van der Waals surface area contributed by atoms with E-state index in [2.05, 4.69) is 5.32 Å². The number of hydrogen-bond acceptors (Lipinski definition) is 5. The smallest absolute Gasteiger partial charge is 0.331 e. The van der Waals surface area contributed by atoms with Crippen molar-refractivity contribution < 1.29 is 23.8 Å². The highest BCUT2D eigenvalue weighted by Gasteiger charge is 2.17. The maximum atomic E-state index is 12.3. The summed E-state index contributed by atoms with van der Waals surface area (Å²) in [4.78, 5) is 24.3.